The molecule has 0 radical (unpaired) electrons. The SMILES string of the molecule is CCNc1cc(N2CCCC(C)(C)CC2)nc(CC)n1. The first-order chi connectivity index (χ1) is 9.54. The molecule has 1 N–H and O–H groups in total. The van der Waals surface area contributed by atoms with Gasteiger partial charge in [0.15, 0.2) is 0 Å². The summed E-state index contributed by atoms with van der Waals surface area (Å²) in [5.74, 6) is 2.98. The Hall–Kier alpha value is -1.32. The van der Waals surface area contributed by atoms with Crippen LogP contribution in [0.2, 0.25) is 0 Å². The largest absolute Gasteiger partial charge is 0.370 e. The van der Waals surface area contributed by atoms with Gasteiger partial charge >= 0.3 is 0 Å². The van der Waals surface area contributed by atoms with Gasteiger partial charge in [-0.2, -0.15) is 0 Å². The van der Waals surface area contributed by atoms with Crippen LogP contribution in [0.3, 0.4) is 0 Å². The van der Waals surface area contributed by atoms with Crippen molar-refractivity contribution in [3.05, 3.63) is 11.9 Å². The second-order valence-corrected chi connectivity index (χ2v) is 6.42. The lowest BCUT2D eigenvalue weighted by Gasteiger charge is -2.24. The minimum absolute atomic E-state index is 0.458. The molecular weight excluding hydrogens is 248 g/mol. The van der Waals surface area contributed by atoms with Crippen LogP contribution in [0.4, 0.5) is 11.6 Å². The van der Waals surface area contributed by atoms with Crippen LogP contribution >= 0.6 is 0 Å². The molecule has 4 nitrogen and oxygen atoms in total. The van der Waals surface area contributed by atoms with Crippen molar-refractivity contribution in [2.24, 2.45) is 5.41 Å². The Bertz CT molecular complexity index is 442. The molecule has 0 spiro atoms. The highest BCUT2D eigenvalue weighted by Crippen LogP contribution is 2.31. The van der Waals surface area contributed by atoms with E-state index in [1.165, 1.54) is 19.3 Å². The summed E-state index contributed by atoms with van der Waals surface area (Å²) >= 11 is 0. The fourth-order valence-corrected chi connectivity index (χ4v) is 2.73. The minimum atomic E-state index is 0.458. The second-order valence-electron chi connectivity index (χ2n) is 6.42. The number of hydrogen-bond acceptors (Lipinski definition) is 4. The summed E-state index contributed by atoms with van der Waals surface area (Å²) in [6.45, 7) is 12.1. The molecule has 1 aliphatic rings. The third-order valence-electron chi connectivity index (χ3n) is 4.10. The lowest BCUT2D eigenvalue weighted by atomic mass is 9.85. The Balaban J connectivity index is 2.20. The Kier molecular flexibility index (Phi) is 4.84. The smallest absolute Gasteiger partial charge is 0.134 e. The number of aryl methyl sites for hydroxylation is 1. The summed E-state index contributed by atoms with van der Waals surface area (Å²) in [5.41, 5.74) is 0.458. The zero-order valence-electron chi connectivity index (χ0n) is 13.4. The lowest BCUT2D eigenvalue weighted by molar-refractivity contribution is 0.325. The molecule has 1 aromatic heterocycles. The van der Waals surface area contributed by atoms with Gasteiger partial charge < -0.3 is 10.2 Å². The fraction of sp³-hybridized carbons (Fsp3) is 0.750. The molecule has 0 atom stereocenters. The van der Waals surface area contributed by atoms with Crippen molar-refractivity contribution < 1.29 is 0 Å². The van der Waals surface area contributed by atoms with Crippen LogP contribution in [0.25, 0.3) is 0 Å². The van der Waals surface area contributed by atoms with Gasteiger partial charge in [-0.15, -0.1) is 0 Å². The first kappa shape index (κ1) is 15.1. The zero-order valence-corrected chi connectivity index (χ0v) is 13.4. The van der Waals surface area contributed by atoms with Crippen molar-refractivity contribution in [1.29, 1.82) is 0 Å². The summed E-state index contributed by atoms with van der Waals surface area (Å²) in [4.78, 5) is 11.7. The Morgan fingerprint density at radius 3 is 2.70 bits per heavy atom. The number of rotatable bonds is 4. The molecular formula is C16H28N4. The van der Waals surface area contributed by atoms with Crippen LogP contribution in [0.15, 0.2) is 6.07 Å². The van der Waals surface area contributed by atoms with Crippen molar-refractivity contribution in [3.63, 3.8) is 0 Å². The third-order valence-corrected chi connectivity index (χ3v) is 4.10. The molecule has 1 aromatic rings. The molecule has 2 heterocycles. The summed E-state index contributed by atoms with van der Waals surface area (Å²) in [5, 5.41) is 3.32. The highest BCUT2D eigenvalue weighted by Gasteiger charge is 2.24. The second kappa shape index (κ2) is 6.42. The maximum Gasteiger partial charge on any atom is 0.134 e. The van der Waals surface area contributed by atoms with Crippen molar-refractivity contribution >= 4 is 11.6 Å². The van der Waals surface area contributed by atoms with Gasteiger partial charge in [-0.1, -0.05) is 20.8 Å². The maximum atomic E-state index is 4.72. The third kappa shape index (κ3) is 3.84. The van der Waals surface area contributed by atoms with Crippen LogP contribution in [-0.2, 0) is 6.42 Å². The molecule has 2 rings (SSSR count). The summed E-state index contributed by atoms with van der Waals surface area (Å²) in [7, 11) is 0. The quantitative estimate of drug-likeness (QED) is 0.914. The number of aromatic nitrogens is 2. The van der Waals surface area contributed by atoms with Crippen LogP contribution in [0.1, 0.15) is 52.8 Å². The molecule has 0 amide bonds. The van der Waals surface area contributed by atoms with Gasteiger partial charge in [-0.3, -0.25) is 0 Å². The molecule has 1 fully saturated rings. The summed E-state index contributed by atoms with van der Waals surface area (Å²) in [6.07, 6.45) is 4.66. The van der Waals surface area contributed by atoms with E-state index in [0.29, 0.717) is 5.41 Å². The van der Waals surface area contributed by atoms with Crippen LogP contribution in [0.5, 0.6) is 0 Å². The molecule has 20 heavy (non-hydrogen) atoms. The van der Waals surface area contributed by atoms with E-state index < -0.39 is 0 Å². The van der Waals surface area contributed by atoms with E-state index >= 15 is 0 Å². The monoisotopic (exact) mass is 276 g/mol. The topological polar surface area (TPSA) is 41.0 Å². The number of anilines is 2. The first-order valence-corrected chi connectivity index (χ1v) is 7.91. The average molecular weight is 276 g/mol. The van der Waals surface area contributed by atoms with Gasteiger partial charge in [0.1, 0.15) is 17.5 Å². The maximum absolute atomic E-state index is 4.72. The van der Waals surface area contributed by atoms with Crippen molar-refractivity contribution in [3.8, 4) is 0 Å². The number of hydrogen-bond donors (Lipinski definition) is 1. The molecule has 0 saturated carbocycles. The fourth-order valence-electron chi connectivity index (χ4n) is 2.73. The average Bonchev–Trinajstić information content (AvgIpc) is 2.59. The summed E-state index contributed by atoms with van der Waals surface area (Å²) < 4.78 is 0. The van der Waals surface area contributed by atoms with Gasteiger partial charge in [0.2, 0.25) is 0 Å². The van der Waals surface area contributed by atoms with Crippen molar-refractivity contribution in [2.75, 3.05) is 29.9 Å². The Morgan fingerprint density at radius 1 is 1.20 bits per heavy atom. The lowest BCUT2D eigenvalue weighted by Crippen LogP contribution is -2.26. The highest BCUT2D eigenvalue weighted by molar-refractivity contribution is 5.49. The zero-order chi connectivity index (χ0) is 14.6. The van der Waals surface area contributed by atoms with Crippen LogP contribution in [0, 0.1) is 5.41 Å². The normalized spacial score (nSPS) is 18.7. The van der Waals surface area contributed by atoms with E-state index in [2.05, 4.69) is 49.0 Å². The van der Waals surface area contributed by atoms with E-state index in [1.54, 1.807) is 0 Å². The summed E-state index contributed by atoms with van der Waals surface area (Å²) in [6, 6.07) is 2.10. The van der Waals surface area contributed by atoms with Gasteiger partial charge in [-0.25, -0.2) is 9.97 Å². The minimum Gasteiger partial charge on any atom is -0.370 e. The molecule has 0 aromatic carbocycles. The van der Waals surface area contributed by atoms with Crippen LogP contribution in [-0.4, -0.2) is 29.6 Å². The molecule has 0 bridgehead atoms. The predicted molar refractivity (Wildman–Crippen MR) is 85.4 cm³/mol. The Labute approximate surface area is 123 Å². The first-order valence-electron chi connectivity index (χ1n) is 7.91. The number of nitrogens with one attached hydrogen (secondary N) is 1. The molecule has 4 heteroatoms. The van der Waals surface area contributed by atoms with E-state index in [9.17, 15) is 0 Å². The van der Waals surface area contributed by atoms with E-state index in [0.717, 1.165) is 43.5 Å². The molecule has 1 aliphatic heterocycles. The Morgan fingerprint density at radius 2 is 2.00 bits per heavy atom. The van der Waals surface area contributed by atoms with Gasteiger partial charge in [-0.05, 0) is 31.6 Å². The van der Waals surface area contributed by atoms with Crippen molar-refractivity contribution in [1.82, 2.24) is 9.97 Å². The molecule has 0 unspecified atom stereocenters. The van der Waals surface area contributed by atoms with Gasteiger partial charge in [0, 0.05) is 32.1 Å². The van der Waals surface area contributed by atoms with Gasteiger partial charge in [0.25, 0.3) is 0 Å². The number of nitrogens with zero attached hydrogens (tertiary/aromatic N) is 3. The molecule has 112 valence electrons. The van der Waals surface area contributed by atoms with E-state index in [1.807, 2.05) is 0 Å². The molecule has 0 aliphatic carbocycles. The van der Waals surface area contributed by atoms with Crippen molar-refractivity contribution in [2.45, 2.75) is 53.4 Å². The predicted octanol–water partition coefficient (Wildman–Crippen LogP) is 3.49. The molecule has 1 saturated heterocycles. The standard InChI is InChI=1S/C16H28N4/c1-5-13-18-14(17-6-2)12-15(19-13)20-10-7-8-16(3,4)9-11-20/h12H,5-11H2,1-4H3,(H,17,18,19). The van der Waals surface area contributed by atoms with Gasteiger partial charge in [0.05, 0.1) is 0 Å². The van der Waals surface area contributed by atoms with Crippen LogP contribution < -0.4 is 10.2 Å². The van der Waals surface area contributed by atoms with E-state index in [4.69, 9.17) is 4.98 Å². The van der Waals surface area contributed by atoms with E-state index in [-0.39, 0.29) is 0 Å². The highest BCUT2D eigenvalue weighted by atomic mass is 15.2.